The molecule has 0 fully saturated rings. The van der Waals surface area contributed by atoms with Gasteiger partial charge in [0.25, 0.3) is 10.1 Å². The fraction of sp³-hybridized carbons (Fsp3) is 0.667. The van der Waals surface area contributed by atoms with E-state index in [9.17, 15) is 13.5 Å². The minimum Gasteiger partial charge on any atom is -0.393 e. The average molecular weight is 374 g/mol. The van der Waals surface area contributed by atoms with E-state index in [1.807, 2.05) is 6.92 Å². The Morgan fingerprint density at radius 2 is 1.56 bits per heavy atom. The van der Waals surface area contributed by atoms with Crippen molar-refractivity contribution < 1.29 is 27.9 Å². The van der Waals surface area contributed by atoms with Crippen molar-refractivity contribution in [2.75, 3.05) is 0 Å². The number of benzene rings is 1. The lowest BCUT2D eigenvalue weighted by molar-refractivity contribution is -0.326. The Morgan fingerprint density at radius 3 is 2.12 bits per heavy atom. The second kappa shape index (κ2) is 11.6. The minimum atomic E-state index is -3.99. The number of unbranched alkanes of at least 4 members (excludes halogenated alkanes) is 3. The van der Waals surface area contributed by atoms with Crippen LogP contribution in [0.2, 0.25) is 0 Å². The Labute approximate surface area is 150 Å². The molecule has 0 aliphatic carbocycles. The highest BCUT2D eigenvalue weighted by Gasteiger charge is 2.22. The van der Waals surface area contributed by atoms with Crippen LogP contribution in [-0.4, -0.2) is 31.2 Å². The third kappa shape index (κ3) is 8.78. The summed E-state index contributed by atoms with van der Waals surface area (Å²) in [6, 6.07) is 6.24. The van der Waals surface area contributed by atoms with Crippen LogP contribution in [0.25, 0.3) is 0 Å². The zero-order valence-electron chi connectivity index (χ0n) is 15.1. The number of rotatable bonds is 13. The van der Waals surface area contributed by atoms with Crippen LogP contribution in [0.15, 0.2) is 29.2 Å². The molecule has 2 N–H and O–H groups in total. The van der Waals surface area contributed by atoms with E-state index < -0.39 is 16.4 Å². The molecule has 0 heterocycles. The molecule has 1 rings (SSSR count). The molecule has 0 aromatic heterocycles. The standard InChI is InChI=1S/C18H30O6S/c1-3-4-5-8-16(19)9-6-7-10-18(23-20)24-25(21,22)17-13-11-15(2)12-14-17/h11-14,16,18-20H,3-10H2,1-2H3. The Morgan fingerprint density at radius 1 is 1.00 bits per heavy atom. The predicted molar refractivity (Wildman–Crippen MR) is 95.6 cm³/mol. The van der Waals surface area contributed by atoms with Gasteiger partial charge in [0.2, 0.25) is 6.29 Å². The number of hydrogen-bond acceptors (Lipinski definition) is 6. The van der Waals surface area contributed by atoms with Crippen molar-refractivity contribution in [3.63, 3.8) is 0 Å². The fourth-order valence-electron chi connectivity index (χ4n) is 2.49. The lowest BCUT2D eigenvalue weighted by atomic mass is 10.0. The lowest BCUT2D eigenvalue weighted by Crippen LogP contribution is -2.21. The number of hydrogen-bond donors (Lipinski definition) is 2. The van der Waals surface area contributed by atoms with Crippen LogP contribution in [0, 0.1) is 6.92 Å². The van der Waals surface area contributed by atoms with Crippen molar-refractivity contribution >= 4 is 10.1 Å². The molecule has 1 aromatic carbocycles. The molecule has 144 valence electrons. The molecule has 25 heavy (non-hydrogen) atoms. The molecule has 0 aliphatic rings. The summed E-state index contributed by atoms with van der Waals surface area (Å²) < 4.78 is 29.2. The molecule has 0 amide bonds. The molecular weight excluding hydrogens is 344 g/mol. The van der Waals surface area contributed by atoms with Crippen molar-refractivity contribution in [1.82, 2.24) is 0 Å². The smallest absolute Gasteiger partial charge is 0.299 e. The number of aliphatic hydroxyl groups excluding tert-OH is 1. The Bertz CT molecular complexity index is 570. The SMILES string of the molecule is CCCCCC(O)CCCCC(OO)OS(=O)(=O)c1ccc(C)cc1. The zero-order chi connectivity index (χ0) is 18.7. The van der Waals surface area contributed by atoms with Crippen LogP contribution in [0.1, 0.15) is 63.9 Å². The summed E-state index contributed by atoms with van der Waals surface area (Å²) >= 11 is 0. The molecule has 7 heteroatoms. The highest BCUT2D eigenvalue weighted by atomic mass is 32.2. The first-order valence-corrected chi connectivity index (χ1v) is 10.3. The van der Waals surface area contributed by atoms with Crippen molar-refractivity contribution in [2.24, 2.45) is 0 Å². The summed E-state index contributed by atoms with van der Waals surface area (Å²) in [5.41, 5.74) is 0.936. The van der Waals surface area contributed by atoms with Crippen molar-refractivity contribution in [3.05, 3.63) is 29.8 Å². The van der Waals surface area contributed by atoms with Crippen LogP contribution in [0.5, 0.6) is 0 Å². The van der Waals surface area contributed by atoms with E-state index in [0.717, 1.165) is 31.2 Å². The summed E-state index contributed by atoms with van der Waals surface area (Å²) in [5, 5.41) is 18.7. The van der Waals surface area contributed by atoms with Crippen LogP contribution >= 0.6 is 0 Å². The van der Waals surface area contributed by atoms with Crippen LogP contribution in [-0.2, 0) is 19.2 Å². The van der Waals surface area contributed by atoms with Crippen LogP contribution in [0.4, 0.5) is 0 Å². The van der Waals surface area contributed by atoms with E-state index >= 15 is 0 Å². The first-order chi connectivity index (χ1) is 11.9. The maximum absolute atomic E-state index is 12.1. The Kier molecular flexibility index (Phi) is 10.2. The van der Waals surface area contributed by atoms with E-state index in [4.69, 9.17) is 9.44 Å². The zero-order valence-corrected chi connectivity index (χ0v) is 15.9. The summed E-state index contributed by atoms with van der Waals surface area (Å²) in [4.78, 5) is 4.17. The molecule has 6 nitrogen and oxygen atoms in total. The summed E-state index contributed by atoms with van der Waals surface area (Å²) in [6.45, 7) is 3.97. The van der Waals surface area contributed by atoms with Crippen molar-refractivity contribution in [2.45, 2.75) is 82.5 Å². The average Bonchev–Trinajstić information content (AvgIpc) is 2.58. The number of aryl methyl sites for hydroxylation is 1. The van der Waals surface area contributed by atoms with E-state index in [1.165, 1.54) is 12.1 Å². The van der Waals surface area contributed by atoms with E-state index in [0.29, 0.717) is 19.3 Å². The van der Waals surface area contributed by atoms with Crippen molar-refractivity contribution in [3.8, 4) is 0 Å². The molecule has 0 radical (unpaired) electrons. The van der Waals surface area contributed by atoms with Gasteiger partial charge in [-0.2, -0.15) is 8.42 Å². The van der Waals surface area contributed by atoms with Gasteiger partial charge in [0.1, 0.15) is 0 Å². The Balaban J connectivity index is 2.37. The van der Waals surface area contributed by atoms with Gasteiger partial charge in [-0.1, -0.05) is 50.3 Å². The van der Waals surface area contributed by atoms with Gasteiger partial charge in [0, 0.05) is 6.42 Å². The molecule has 0 aliphatic heterocycles. The summed E-state index contributed by atoms with van der Waals surface area (Å²) in [6.07, 6.45) is 4.61. The van der Waals surface area contributed by atoms with Gasteiger partial charge in [0.05, 0.1) is 11.0 Å². The van der Waals surface area contributed by atoms with Gasteiger partial charge in [-0.3, -0.25) is 0 Å². The lowest BCUT2D eigenvalue weighted by Gasteiger charge is -2.15. The molecular formula is C18H30O6S. The van der Waals surface area contributed by atoms with E-state index in [1.54, 1.807) is 12.1 Å². The van der Waals surface area contributed by atoms with Gasteiger partial charge >= 0.3 is 0 Å². The predicted octanol–water partition coefficient (Wildman–Crippen LogP) is 4.02. The van der Waals surface area contributed by atoms with Crippen LogP contribution < -0.4 is 0 Å². The monoisotopic (exact) mass is 374 g/mol. The molecule has 2 unspecified atom stereocenters. The Hall–Kier alpha value is -0.990. The first kappa shape index (κ1) is 22.1. The van der Waals surface area contributed by atoms with Gasteiger partial charge in [-0.15, -0.1) is 0 Å². The molecule has 0 saturated carbocycles. The quantitative estimate of drug-likeness (QED) is 0.178. The van der Waals surface area contributed by atoms with E-state index in [-0.39, 0.29) is 17.4 Å². The molecule has 0 spiro atoms. The second-order valence-corrected chi connectivity index (χ2v) is 7.90. The summed E-state index contributed by atoms with van der Waals surface area (Å²) in [5.74, 6) is 0. The van der Waals surface area contributed by atoms with Crippen molar-refractivity contribution in [1.29, 1.82) is 0 Å². The van der Waals surface area contributed by atoms with Gasteiger partial charge < -0.3 is 5.11 Å². The summed E-state index contributed by atoms with van der Waals surface area (Å²) in [7, 11) is -3.99. The maximum Gasteiger partial charge on any atom is 0.299 e. The van der Waals surface area contributed by atoms with Gasteiger partial charge in [-0.05, 0) is 38.3 Å². The third-order valence-electron chi connectivity index (χ3n) is 4.03. The molecule has 1 aromatic rings. The highest BCUT2D eigenvalue weighted by Crippen LogP contribution is 2.19. The normalized spacial score (nSPS) is 14.4. The van der Waals surface area contributed by atoms with Gasteiger partial charge in [-0.25, -0.2) is 14.3 Å². The van der Waals surface area contributed by atoms with Gasteiger partial charge in [0.15, 0.2) is 0 Å². The molecule has 0 bridgehead atoms. The number of aliphatic hydroxyl groups is 1. The van der Waals surface area contributed by atoms with E-state index in [2.05, 4.69) is 11.8 Å². The second-order valence-electron chi connectivity index (χ2n) is 6.33. The largest absolute Gasteiger partial charge is 0.393 e. The topological polar surface area (TPSA) is 93.1 Å². The third-order valence-corrected chi connectivity index (χ3v) is 5.35. The molecule has 2 atom stereocenters. The first-order valence-electron chi connectivity index (χ1n) is 8.87. The fourth-order valence-corrected chi connectivity index (χ4v) is 3.48. The van der Waals surface area contributed by atoms with Crippen LogP contribution in [0.3, 0.4) is 0 Å². The molecule has 0 saturated heterocycles. The highest BCUT2D eigenvalue weighted by molar-refractivity contribution is 7.86. The minimum absolute atomic E-state index is 0.0199. The maximum atomic E-state index is 12.1.